The van der Waals surface area contributed by atoms with Gasteiger partial charge in [0.15, 0.2) is 5.13 Å². The van der Waals surface area contributed by atoms with Gasteiger partial charge < -0.3 is 9.73 Å². The van der Waals surface area contributed by atoms with E-state index >= 15 is 0 Å². The van der Waals surface area contributed by atoms with E-state index in [9.17, 15) is 12.6 Å². The molecule has 3 rings (SSSR count). The average molecular weight is 441 g/mol. The molecule has 2 aromatic heterocycles. The molecular formula is C17H20N4O4S3. The summed E-state index contributed by atoms with van der Waals surface area (Å²) in [5.74, 6) is 1.33. The quantitative estimate of drug-likeness (QED) is 0.602. The zero-order valence-electron chi connectivity index (χ0n) is 15.5. The van der Waals surface area contributed by atoms with E-state index in [0.29, 0.717) is 20.9 Å². The Bertz CT molecular complexity index is 1100. The number of primary sulfonamides is 1. The number of thiazole rings is 1. The molecule has 150 valence electrons. The summed E-state index contributed by atoms with van der Waals surface area (Å²) < 4.78 is 41.4. The van der Waals surface area contributed by atoms with Gasteiger partial charge in [-0.25, -0.2) is 23.5 Å². The van der Waals surface area contributed by atoms with E-state index in [1.807, 2.05) is 20.8 Å². The van der Waals surface area contributed by atoms with Crippen molar-refractivity contribution in [2.75, 3.05) is 5.32 Å². The predicted octanol–water partition coefficient (Wildman–Crippen LogP) is 3.13. The first-order chi connectivity index (χ1) is 13.0. The van der Waals surface area contributed by atoms with Crippen LogP contribution in [0.2, 0.25) is 0 Å². The van der Waals surface area contributed by atoms with Crippen LogP contribution in [0.5, 0.6) is 0 Å². The van der Waals surface area contributed by atoms with E-state index < -0.39 is 20.8 Å². The molecule has 11 heteroatoms. The van der Waals surface area contributed by atoms with Gasteiger partial charge >= 0.3 is 0 Å². The van der Waals surface area contributed by atoms with Gasteiger partial charge in [-0.05, 0) is 24.3 Å². The van der Waals surface area contributed by atoms with Crippen molar-refractivity contribution < 1.29 is 17.0 Å². The summed E-state index contributed by atoms with van der Waals surface area (Å²) in [6.07, 6.45) is 3.20. The van der Waals surface area contributed by atoms with Crippen LogP contribution < -0.4 is 10.5 Å². The van der Waals surface area contributed by atoms with E-state index in [1.54, 1.807) is 18.3 Å². The number of nitrogens with two attached hydrogens (primary N) is 1. The van der Waals surface area contributed by atoms with Gasteiger partial charge in [0.25, 0.3) is 0 Å². The molecule has 0 amide bonds. The van der Waals surface area contributed by atoms with Crippen LogP contribution >= 0.6 is 11.3 Å². The van der Waals surface area contributed by atoms with Gasteiger partial charge in [-0.2, -0.15) is 0 Å². The van der Waals surface area contributed by atoms with Crippen molar-refractivity contribution in [1.29, 1.82) is 0 Å². The Labute approximate surface area is 169 Å². The molecule has 0 saturated carbocycles. The third-order valence-corrected chi connectivity index (χ3v) is 7.20. The first kappa shape index (κ1) is 20.6. The maximum absolute atomic E-state index is 12.6. The Kier molecular flexibility index (Phi) is 5.71. The Morgan fingerprint density at radius 3 is 2.43 bits per heavy atom. The lowest BCUT2D eigenvalue weighted by Gasteiger charge is -2.12. The fraction of sp³-hybridized carbons (Fsp3) is 0.294. The van der Waals surface area contributed by atoms with Crippen LogP contribution in [0.25, 0.3) is 0 Å². The number of nitrogens with one attached hydrogen (secondary N) is 1. The van der Waals surface area contributed by atoms with Crippen LogP contribution in [0.4, 0.5) is 10.8 Å². The third kappa shape index (κ3) is 5.04. The maximum atomic E-state index is 12.6. The van der Waals surface area contributed by atoms with Crippen molar-refractivity contribution in [3.63, 3.8) is 0 Å². The summed E-state index contributed by atoms with van der Waals surface area (Å²) in [7, 11) is -5.07. The minimum Gasteiger partial charge on any atom is -0.444 e. The van der Waals surface area contributed by atoms with Crippen molar-refractivity contribution in [3.05, 3.63) is 48.3 Å². The predicted molar refractivity (Wildman–Crippen MR) is 109 cm³/mol. The van der Waals surface area contributed by atoms with Crippen LogP contribution in [0.15, 0.2) is 50.2 Å². The van der Waals surface area contributed by atoms with Crippen LogP contribution in [0.3, 0.4) is 0 Å². The van der Waals surface area contributed by atoms with Crippen LogP contribution in [0, 0.1) is 0 Å². The molecule has 1 aromatic carbocycles. The molecule has 0 aliphatic carbocycles. The van der Waals surface area contributed by atoms with E-state index in [-0.39, 0.29) is 16.1 Å². The summed E-state index contributed by atoms with van der Waals surface area (Å²) >= 11 is 1.24. The maximum Gasteiger partial charge on any atom is 0.238 e. The molecule has 0 aliphatic heterocycles. The van der Waals surface area contributed by atoms with Crippen LogP contribution in [-0.2, 0) is 32.0 Å². The highest BCUT2D eigenvalue weighted by Crippen LogP contribution is 2.28. The zero-order chi connectivity index (χ0) is 20.5. The molecule has 3 N–H and O–H groups in total. The smallest absolute Gasteiger partial charge is 0.238 e. The molecule has 0 fully saturated rings. The molecule has 0 saturated heterocycles. The van der Waals surface area contributed by atoms with Gasteiger partial charge in [0.05, 0.1) is 28.1 Å². The number of sulfonamides is 1. The second-order valence-corrected chi connectivity index (χ2v) is 11.3. The highest BCUT2D eigenvalue weighted by atomic mass is 32.2. The Hall–Kier alpha value is -2.08. The van der Waals surface area contributed by atoms with E-state index in [4.69, 9.17) is 9.56 Å². The van der Waals surface area contributed by atoms with Crippen LogP contribution in [-0.4, -0.2) is 22.6 Å². The number of oxazole rings is 1. The van der Waals surface area contributed by atoms with Crippen molar-refractivity contribution in [1.82, 2.24) is 9.97 Å². The molecule has 0 bridgehead atoms. The Balaban J connectivity index is 1.66. The van der Waals surface area contributed by atoms with Gasteiger partial charge in [0.2, 0.25) is 15.9 Å². The number of hydrogen-bond donors (Lipinski definition) is 2. The highest BCUT2D eigenvalue weighted by molar-refractivity contribution is 7.89. The van der Waals surface area contributed by atoms with Crippen molar-refractivity contribution in [2.24, 2.45) is 5.14 Å². The first-order valence-corrected chi connectivity index (χ1v) is 11.9. The minimum absolute atomic E-state index is 0.0274. The van der Waals surface area contributed by atoms with Gasteiger partial charge in [0, 0.05) is 11.1 Å². The monoisotopic (exact) mass is 440 g/mol. The van der Waals surface area contributed by atoms with Crippen molar-refractivity contribution >= 4 is 43.0 Å². The summed E-state index contributed by atoms with van der Waals surface area (Å²) in [5.41, 5.74) is 0.481. The lowest BCUT2D eigenvalue weighted by Crippen LogP contribution is -2.11. The largest absolute Gasteiger partial charge is 0.444 e. The molecule has 0 radical (unpaired) electrons. The number of hydrogen-bond acceptors (Lipinski definition) is 8. The number of nitrogens with zero attached hydrogens (tertiary/aromatic N) is 2. The normalized spacial score (nSPS) is 13.4. The van der Waals surface area contributed by atoms with E-state index in [1.165, 1.54) is 29.7 Å². The molecule has 1 atom stereocenters. The number of benzene rings is 1. The van der Waals surface area contributed by atoms with Crippen molar-refractivity contribution in [3.8, 4) is 0 Å². The lowest BCUT2D eigenvalue weighted by atomic mass is 9.94. The zero-order valence-corrected chi connectivity index (χ0v) is 18.0. The Morgan fingerprint density at radius 2 is 1.86 bits per heavy atom. The second-order valence-electron chi connectivity index (χ2n) is 7.04. The van der Waals surface area contributed by atoms with Gasteiger partial charge in [-0.3, -0.25) is 4.21 Å². The first-order valence-electron chi connectivity index (χ1n) is 8.22. The minimum atomic E-state index is -3.73. The highest BCUT2D eigenvalue weighted by Gasteiger charge is 2.20. The fourth-order valence-corrected chi connectivity index (χ4v) is 4.72. The molecule has 8 nitrogen and oxygen atoms in total. The van der Waals surface area contributed by atoms with E-state index in [2.05, 4.69) is 15.3 Å². The second kappa shape index (κ2) is 7.74. The number of anilines is 2. The van der Waals surface area contributed by atoms with Crippen molar-refractivity contribution in [2.45, 2.75) is 41.0 Å². The standard InChI is InChI=1S/C17H20N4O4S3/c1-17(2,3)13-8-19-14(25-13)10-27(22)15-9-20-16(26-15)21-11-4-6-12(7-5-11)28(18,23)24/h4-9H,10H2,1-3H3,(H,20,21)(H2,18,23,24). The fourth-order valence-electron chi connectivity index (χ4n) is 2.18. The summed E-state index contributed by atoms with van der Waals surface area (Å²) in [5, 5.41) is 8.66. The molecule has 2 heterocycles. The molecule has 1 unspecified atom stereocenters. The number of aromatic nitrogens is 2. The molecule has 0 aliphatic rings. The van der Waals surface area contributed by atoms with Gasteiger partial charge in [-0.1, -0.05) is 32.1 Å². The molecular weight excluding hydrogens is 420 g/mol. The summed E-state index contributed by atoms with van der Waals surface area (Å²) in [6.45, 7) is 6.06. The lowest BCUT2D eigenvalue weighted by molar-refractivity contribution is 0.390. The summed E-state index contributed by atoms with van der Waals surface area (Å²) in [6, 6.07) is 5.97. The molecule has 3 aromatic rings. The van der Waals surface area contributed by atoms with Gasteiger partial charge in [-0.15, -0.1) is 0 Å². The van der Waals surface area contributed by atoms with Gasteiger partial charge in [0.1, 0.15) is 15.7 Å². The number of rotatable bonds is 6. The third-order valence-electron chi connectivity index (χ3n) is 3.69. The van der Waals surface area contributed by atoms with Crippen LogP contribution in [0.1, 0.15) is 32.4 Å². The Morgan fingerprint density at radius 1 is 1.18 bits per heavy atom. The molecule has 0 spiro atoms. The SMILES string of the molecule is CC(C)(C)c1cnc(CS(=O)c2cnc(Nc3ccc(S(N)(=O)=O)cc3)s2)o1. The summed E-state index contributed by atoms with van der Waals surface area (Å²) in [4.78, 5) is 8.44. The average Bonchev–Trinajstić information content (AvgIpc) is 3.23. The van der Waals surface area contributed by atoms with E-state index in [0.717, 1.165) is 5.76 Å². The topological polar surface area (TPSA) is 128 Å². The molecule has 28 heavy (non-hydrogen) atoms.